The van der Waals surface area contributed by atoms with E-state index in [0.717, 1.165) is 17.0 Å². The molecule has 1 aliphatic heterocycles. The maximum absolute atomic E-state index is 12.4. The molecule has 0 saturated carbocycles. The van der Waals surface area contributed by atoms with E-state index in [1.54, 1.807) is 0 Å². The molecule has 0 radical (unpaired) electrons. The number of nitrogens with zero attached hydrogens (tertiary/aromatic N) is 1. The predicted molar refractivity (Wildman–Crippen MR) is 74.3 cm³/mol. The van der Waals surface area contributed by atoms with Gasteiger partial charge in [0.1, 0.15) is 11.3 Å². The van der Waals surface area contributed by atoms with Crippen molar-refractivity contribution in [1.82, 2.24) is 10.2 Å². The summed E-state index contributed by atoms with van der Waals surface area (Å²) >= 11 is 4.84. The van der Waals surface area contributed by atoms with Gasteiger partial charge in [-0.25, -0.2) is 0 Å². The molecule has 116 valence electrons. The van der Waals surface area contributed by atoms with Crippen molar-refractivity contribution in [1.29, 1.82) is 0 Å². The molecule has 9 heteroatoms. The lowest BCUT2D eigenvalue weighted by Crippen LogP contribution is -2.53. The third kappa shape index (κ3) is 3.08. The number of hydrogen-bond donors (Lipinski definition) is 1. The molecular formula is C13H9F3N2O3S. The molecule has 0 aromatic carbocycles. The van der Waals surface area contributed by atoms with E-state index in [0.29, 0.717) is 6.07 Å². The molecule has 1 aromatic heterocycles. The van der Waals surface area contributed by atoms with Crippen molar-refractivity contribution >= 4 is 35.2 Å². The fourth-order valence-corrected chi connectivity index (χ4v) is 1.96. The van der Waals surface area contributed by atoms with Gasteiger partial charge in [-0.1, -0.05) is 6.08 Å². The van der Waals surface area contributed by atoms with Crippen LogP contribution in [0.4, 0.5) is 13.2 Å². The van der Waals surface area contributed by atoms with Gasteiger partial charge in [-0.15, -0.1) is 6.58 Å². The Bertz CT molecular complexity index is 691. The van der Waals surface area contributed by atoms with Gasteiger partial charge in [-0.05, 0) is 30.4 Å². The Morgan fingerprint density at radius 1 is 1.36 bits per heavy atom. The van der Waals surface area contributed by atoms with Crippen LogP contribution < -0.4 is 5.32 Å². The van der Waals surface area contributed by atoms with E-state index >= 15 is 0 Å². The Balaban J connectivity index is 2.35. The summed E-state index contributed by atoms with van der Waals surface area (Å²) in [5.41, 5.74) is -0.376. The van der Waals surface area contributed by atoms with Crippen molar-refractivity contribution in [2.45, 2.75) is 6.18 Å². The van der Waals surface area contributed by atoms with E-state index in [-0.39, 0.29) is 23.0 Å². The van der Waals surface area contributed by atoms with Crippen molar-refractivity contribution in [3.05, 3.63) is 41.9 Å². The number of amides is 2. The molecule has 1 N–H and O–H groups in total. The first-order valence-electron chi connectivity index (χ1n) is 5.91. The third-order valence-corrected chi connectivity index (χ3v) is 3.01. The Morgan fingerprint density at radius 3 is 2.59 bits per heavy atom. The van der Waals surface area contributed by atoms with E-state index in [4.69, 9.17) is 12.2 Å². The van der Waals surface area contributed by atoms with Crippen LogP contribution in [-0.2, 0) is 15.8 Å². The predicted octanol–water partition coefficient (Wildman–Crippen LogP) is 2.11. The van der Waals surface area contributed by atoms with E-state index in [1.165, 1.54) is 6.08 Å². The number of hydrogen-bond acceptors (Lipinski definition) is 4. The van der Waals surface area contributed by atoms with E-state index in [9.17, 15) is 22.8 Å². The van der Waals surface area contributed by atoms with Crippen LogP contribution in [0.25, 0.3) is 6.08 Å². The monoisotopic (exact) mass is 330 g/mol. The van der Waals surface area contributed by atoms with Crippen molar-refractivity contribution in [3.63, 3.8) is 0 Å². The SMILES string of the molecule is C=CCN1C(=O)C(=Cc2ccc(C(F)(F)F)o2)C(=O)NC1=S. The van der Waals surface area contributed by atoms with Gasteiger partial charge < -0.3 is 4.42 Å². The number of thiocarbonyl (C=S) groups is 1. The molecule has 2 rings (SSSR count). The van der Waals surface area contributed by atoms with Gasteiger partial charge in [0.25, 0.3) is 11.8 Å². The number of alkyl halides is 3. The van der Waals surface area contributed by atoms with Crippen LogP contribution in [0.1, 0.15) is 11.5 Å². The molecule has 22 heavy (non-hydrogen) atoms. The topological polar surface area (TPSA) is 62.6 Å². The Labute approximate surface area is 128 Å². The lowest BCUT2D eigenvalue weighted by Gasteiger charge is -2.27. The van der Waals surface area contributed by atoms with Gasteiger partial charge in [0.15, 0.2) is 5.11 Å². The van der Waals surface area contributed by atoms with Crippen LogP contribution >= 0.6 is 12.2 Å². The maximum Gasteiger partial charge on any atom is 0.449 e. The van der Waals surface area contributed by atoms with Crippen molar-refractivity contribution in [2.75, 3.05) is 6.54 Å². The minimum atomic E-state index is -4.65. The smallest absolute Gasteiger partial charge is 0.449 e. The number of rotatable bonds is 3. The van der Waals surface area contributed by atoms with Crippen LogP contribution in [0.2, 0.25) is 0 Å². The number of furan rings is 1. The quantitative estimate of drug-likeness (QED) is 0.399. The van der Waals surface area contributed by atoms with E-state index in [1.807, 2.05) is 0 Å². The normalized spacial score (nSPS) is 17.9. The minimum absolute atomic E-state index is 0.0568. The molecule has 0 aliphatic carbocycles. The van der Waals surface area contributed by atoms with E-state index < -0.39 is 23.8 Å². The second-order valence-corrected chi connectivity index (χ2v) is 4.61. The zero-order chi connectivity index (χ0) is 16.5. The molecule has 1 saturated heterocycles. The standard InChI is InChI=1S/C13H9F3N2O3S/c1-2-5-18-11(20)8(10(19)17-12(18)22)6-7-3-4-9(21-7)13(14,15)16/h2-4,6H,1,5H2,(H,17,19,22). The van der Waals surface area contributed by atoms with Gasteiger partial charge >= 0.3 is 6.18 Å². The molecule has 1 fully saturated rings. The second-order valence-electron chi connectivity index (χ2n) is 4.22. The zero-order valence-corrected chi connectivity index (χ0v) is 11.8. The van der Waals surface area contributed by atoms with Crippen LogP contribution in [0, 0.1) is 0 Å². The molecule has 0 bridgehead atoms. The number of carbonyl (C=O) groups is 2. The first-order chi connectivity index (χ1) is 10.2. The van der Waals surface area contributed by atoms with Gasteiger partial charge in [0.05, 0.1) is 0 Å². The molecule has 0 atom stereocenters. The number of carbonyl (C=O) groups excluding carboxylic acids is 2. The summed E-state index contributed by atoms with van der Waals surface area (Å²) in [5, 5.41) is 2.17. The Morgan fingerprint density at radius 2 is 2.05 bits per heavy atom. The van der Waals surface area contributed by atoms with Gasteiger partial charge in [0.2, 0.25) is 5.76 Å². The Hall–Kier alpha value is -2.42. The van der Waals surface area contributed by atoms with Gasteiger partial charge in [-0.3, -0.25) is 19.8 Å². The summed E-state index contributed by atoms with van der Waals surface area (Å²) < 4.78 is 41.9. The average molecular weight is 330 g/mol. The first-order valence-corrected chi connectivity index (χ1v) is 6.31. The van der Waals surface area contributed by atoms with Crippen molar-refractivity contribution in [2.24, 2.45) is 0 Å². The highest BCUT2D eigenvalue weighted by Crippen LogP contribution is 2.31. The summed E-state index contributed by atoms with van der Waals surface area (Å²) in [6.07, 6.45) is -2.31. The molecule has 1 aromatic rings. The summed E-state index contributed by atoms with van der Waals surface area (Å²) in [5.74, 6) is -3.03. The molecular weight excluding hydrogens is 321 g/mol. The fraction of sp³-hybridized carbons (Fsp3) is 0.154. The highest BCUT2D eigenvalue weighted by molar-refractivity contribution is 7.80. The molecule has 2 amide bonds. The minimum Gasteiger partial charge on any atom is -0.452 e. The molecule has 2 heterocycles. The zero-order valence-electron chi connectivity index (χ0n) is 10.9. The fourth-order valence-electron chi connectivity index (χ4n) is 1.71. The highest BCUT2D eigenvalue weighted by atomic mass is 32.1. The van der Waals surface area contributed by atoms with Crippen LogP contribution in [0.5, 0.6) is 0 Å². The largest absolute Gasteiger partial charge is 0.452 e. The summed E-state index contributed by atoms with van der Waals surface area (Å²) in [6.45, 7) is 3.51. The van der Waals surface area contributed by atoms with Crippen LogP contribution in [0.3, 0.4) is 0 Å². The molecule has 5 nitrogen and oxygen atoms in total. The van der Waals surface area contributed by atoms with Gasteiger partial charge in [0, 0.05) is 6.54 Å². The maximum atomic E-state index is 12.4. The summed E-state index contributed by atoms with van der Waals surface area (Å²) in [7, 11) is 0. The van der Waals surface area contributed by atoms with Crippen molar-refractivity contribution in [3.8, 4) is 0 Å². The second kappa shape index (κ2) is 5.76. The third-order valence-electron chi connectivity index (χ3n) is 2.69. The summed E-state index contributed by atoms with van der Waals surface area (Å²) in [6, 6.07) is 1.73. The molecule has 0 unspecified atom stereocenters. The lowest BCUT2D eigenvalue weighted by molar-refractivity contribution is -0.153. The molecule has 0 spiro atoms. The average Bonchev–Trinajstić information content (AvgIpc) is 2.88. The summed E-state index contributed by atoms with van der Waals surface area (Å²) in [4.78, 5) is 25.0. The Kier molecular flexibility index (Phi) is 4.18. The molecule has 1 aliphatic rings. The van der Waals surface area contributed by atoms with E-state index in [2.05, 4.69) is 16.3 Å². The lowest BCUT2D eigenvalue weighted by atomic mass is 10.1. The van der Waals surface area contributed by atoms with Crippen molar-refractivity contribution < 1.29 is 27.2 Å². The number of nitrogens with one attached hydrogen (secondary N) is 1. The number of halogens is 3. The highest BCUT2D eigenvalue weighted by Gasteiger charge is 2.36. The van der Waals surface area contributed by atoms with Crippen LogP contribution in [0.15, 0.2) is 34.8 Å². The van der Waals surface area contributed by atoms with Crippen LogP contribution in [-0.4, -0.2) is 28.4 Å². The first kappa shape index (κ1) is 16.0. The van der Waals surface area contributed by atoms with Gasteiger partial charge in [-0.2, -0.15) is 13.2 Å².